The Hall–Kier alpha value is -0.920. The quantitative estimate of drug-likeness (QED) is 0.680. The summed E-state index contributed by atoms with van der Waals surface area (Å²) in [5.41, 5.74) is 2.33. The monoisotopic (exact) mass is 260 g/mol. The number of hydrogen-bond acceptors (Lipinski definition) is 2. The van der Waals surface area contributed by atoms with Gasteiger partial charge in [0.25, 0.3) is 0 Å². The van der Waals surface area contributed by atoms with Crippen LogP contribution < -0.4 is 0 Å². The first kappa shape index (κ1) is 14.5. The van der Waals surface area contributed by atoms with Crippen molar-refractivity contribution < 1.29 is 0 Å². The van der Waals surface area contributed by atoms with Crippen LogP contribution in [-0.4, -0.2) is 10.2 Å². The van der Waals surface area contributed by atoms with E-state index < -0.39 is 0 Å². The molecule has 2 rings (SSSR count). The molecule has 1 fully saturated rings. The summed E-state index contributed by atoms with van der Waals surface area (Å²) in [6, 6.07) is 4.35. The predicted molar refractivity (Wildman–Crippen MR) is 80.3 cm³/mol. The molecule has 0 unspecified atom stereocenters. The lowest BCUT2D eigenvalue weighted by molar-refractivity contribution is 0.299. The molecule has 1 aliphatic carbocycles. The van der Waals surface area contributed by atoms with E-state index in [2.05, 4.69) is 36.2 Å². The standard InChI is InChI=1S/C17H28N2/c1-3-5-6-7-14-8-10-15(11-9-14)17-13-12-16(4-2)18-19-17/h12-15H,3-11H2,1-2H3/t14-,15-. The van der Waals surface area contributed by atoms with Crippen molar-refractivity contribution in [3.05, 3.63) is 23.5 Å². The molecule has 2 heteroatoms. The lowest BCUT2D eigenvalue weighted by atomic mass is 9.78. The zero-order valence-corrected chi connectivity index (χ0v) is 12.6. The van der Waals surface area contributed by atoms with Gasteiger partial charge in [-0.2, -0.15) is 10.2 Å². The van der Waals surface area contributed by atoms with Crippen molar-refractivity contribution in [1.82, 2.24) is 10.2 Å². The fraction of sp³-hybridized carbons (Fsp3) is 0.765. The van der Waals surface area contributed by atoms with E-state index in [-0.39, 0.29) is 0 Å². The van der Waals surface area contributed by atoms with Crippen molar-refractivity contribution >= 4 is 0 Å². The minimum atomic E-state index is 0.667. The van der Waals surface area contributed by atoms with Gasteiger partial charge < -0.3 is 0 Å². The van der Waals surface area contributed by atoms with E-state index in [0.29, 0.717) is 5.92 Å². The van der Waals surface area contributed by atoms with Gasteiger partial charge in [0.05, 0.1) is 11.4 Å². The van der Waals surface area contributed by atoms with Crippen molar-refractivity contribution in [3.8, 4) is 0 Å². The van der Waals surface area contributed by atoms with E-state index in [9.17, 15) is 0 Å². The summed E-state index contributed by atoms with van der Waals surface area (Å²) in [7, 11) is 0. The predicted octanol–water partition coefficient (Wildman–Crippen LogP) is 4.89. The average molecular weight is 260 g/mol. The zero-order valence-electron chi connectivity index (χ0n) is 12.6. The Balaban J connectivity index is 1.78. The number of aryl methyl sites for hydroxylation is 1. The maximum Gasteiger partial charge on any atom is 0.0662 e. The molecular formula is C17H28N2. The highest BCUT2D eigenvalue weighted by atomic mass is 15.1. The van der Waals surface area contributed by atoms with E-state index in [1.165, 1.54) is 57.1 Å². The summed E-state index contributed by atoms with van der Waals surface area (Å²) >= 11 is 0. The molecule has 2 nitrogen and oxygen atoms in total. The molecule has 0 radical (unpaired) electrons. The van der Waals surface area contributed by atoms with Gasteiger partial charge in [0.15, 0.2) is 0 Å². The lowest BCUT2D eigenvalue weighted by Gasteiger charge is -2.28. The van der Waals surface area contributed by atoms with E-state index >= 15 is 0 Å². The van der Waals surface area contributed by atoms with E-state index in [4.69, 9.17) is 0 Å². The van der Waals surface area contributed by atoms with Crippen LogP contribution in [0.2, 0.25) is 0 Å². The maximum atomic E-state index is 4.42. The van der Waals surface area contributed by atoms with Gasteiger partial charge >= 0.3 is 0 Å². The van der Waals surface area contributed by atoms with Crippen molar-refractivity contribution in [2.24, 2.45) is 5.92 Å². The Bertz CT molecular complexity index is 350. The molecule has 0 saturated heterocycles. The molecular weight excluding hydrogens is 232 g/mol. The summed E-state index contributed by atoms with van der Waals surface area (Å²) in [5.74, 6) is 1.64. The van der Waals surface area contributed by atoms with E-state index in [1.807, 2.05) is 0 Å². The molecule has 0 amide bonds. The van der Waals surface area contributed by atoms with Crippen LogP contribution in [0.15, 0.2) is 12.1 Å². The van der Waals surface area contributed by atoms with Gasteiger partial charge in [-0.05, 0) is 50.2 Å². The van der Waals surface area contributed by atoms with E-state index in [0.717, 1.165) is 18.0 Å². The molecule has 0 bridgehead atoms. The number of aromatic nitrogens is 2. The van der Waals surface area contributed by atoms with Crippen LogP contribution in [0.3, 0.4) is 0 Å². The third-order valence-corrected chi connectivity index (χ3v) is 4.58. The molecule has 1 aliphatic rings. The number of unbranched alkanes of at least 4 members (excludes halogenated alkanes) is 2. The molecule has 1 aromatic heterocycles. The topological polar surface area (TPSA) is 25.8 Å². The molecule has 0 aliphatic heterocycles. The second-order valence-corrected chi connectivity index (χ2v) is 6.02. The fourth-order valence-electron chi connectivity index (χ4n) is 3.21. The molecule has 1 aromatic rings. The summed E-state index contributed by atoms with van der Waals surface area (Å²) in [4.78, 5) is 0. The minimum Gasteiger partial charge on any atom is -0.155 e. The largest absolute Gasteiger partial charge is 0.155 e. The number of nitrogens with zero attached hydrogens (tertiary/aromatic N) is 2. The molecule has 19 heavy (non-hydrogen) atoms. The summed E-state index contributed by atoms with van der Waals surface area (Å²) in [5, 5.41) is 8.73. The molecule has 1 heterocycles. The number of rotatable bonds is 6. The van der Waals surface area contributed by atoms with Crippen LogP contribution in [-0.2, 0) is 6.42 Å². The van der Waals surface area contributed by atoms with Gasteiger partial charge in [0, 0.05) is 5.92 Å². The van der Waals surface area contributed by atoms with Gasteiger partial charge in [-0.3, -0.25) is 0 Å². The number of hydrogen-bond donors (Lipinski definition) is 0. The molecule has 0 N–H and O–H groups in total. The molecule has 106 valence electrons. The molecule has 0 aromatic carbocycles. The van der Waals surface area contributed by atoms with Crippen molar-refractivity contribution in [2.75, 3.05) is 0 Å². The Morgan fingerprint density at radius 1 is 1.00 bits per heavy atom. The van der Waals surface area contributed by atoms with Gasteiger partial charge in [-0.1, -0.05) is 39.5 Å². The summed E-state index contributed by atoms with van der Waals surface area (Å²) in [6.07, 6.45) is 12.0. The zero-order chi connectivity index (χ0) is 13.5. The van der Waals surface area contributed by atoms with Crippen molar-refractivity contribution in [1.29, 1.82) is 0 Å². The third-order valence-electron chi connectivity index (χ3n) is 4.58. The fourth-order valence-corrected chi connectivity index (χ4v) is 3.21. The molecule has 1 saturated carbocycles. The second kappa shape index (κ2) is 7.62. The highest BCUT2D eigenvalue weighted by Crippen LogP contribution is 2.36. The Morgan fingerprint density at radius 3 is 2.37 bits per heavy atom. The Morgan fingerprint density at radius 2 is 1.79 bits per heavy atom. The van der Waals surface area contributed by atoms with Gasteiger partial charge in [-0.25, -0.2) is 0 Å². The third kappa shape index (κ3) is 4.29. The second-order valence-electron chi connectivity index (χ2n) is 6.02. The van der Waals surface area contributed by atoms with Crippen LogP contribution in [0.5, 0.6) is 0 Å². The van der Waals surface area contributed by atoms with Crippen molar-refractivity contribution in [2.45, 2.75) is 77.6 Å². The first-order chi connectivity index (χ1) is 9.33. The lowest BCUT2D eigenvalue weighted by Crippen LogP contribution is -2.14. The minimum absolute atomic E-state index is 0.667. The summed E-state index contributed by atoms with van der Waals surface area (Å²) in [6.45, 7) is 4.42. The van der Waals surface area contributed by atoms with E-state index in [1.54, 1.807) is 0 Å². The van der Waals surface area contributed by atoms with Crippen LogP contribution >= 0.6 is 0 Å². The van der Waals surface area contributed by atoms with Gasteiger partial charge in [0.2, 0.25) is 0 Å². The molecule has 0 spiro atoms. The Kier molecular flexibility index (Phi) is 5.81. The van der Waals surface area contributed by atoms with Crippen LogP contribution in [0.1, 0.15) is 82.5 Å². The molecule has 0 atom stereocenters. The van der Waals surface area contributed by atoms with Gasteiger partial charge in [-0.15, -0.1) is 0 Å². The van der Waals surface area contributed by atoms with Crippen LogP contribution in [0.25, 0.3) is 0 Å². The Labute approximate surface area is 118 Å². The SMILES string of the molecule is CCCCC[C@H]1CC[C@H](c2ccc(CC)nn2)CC1. The first-order valence-electron chi connectivity index (χ1n) is 8.16. The maximum absolute atomic E-state index is 4.42. The van der Waals surface area contributed by atoms with Crippen LogP contribution in [0.4, 0.5) is 0 Å². The average Bonchev–Trinajstić information content (AvgIpc) is 2.48. The highest BCUT2D eigenvalue weighted by molar-refractivity contribution is 5.11. The smallest absolute Gasteiger partial charge is 0.0662 e. The summed E-state index contributed by atoms with van der Waals surface area (Å²) < 4.78 is 0. The van der Waals surface area contributed by atoms with Gasteiger partial charge in [0.1, 0.15) is 0 Å². The van der Waals surface area contributed by atoms with Crippen molar-refractivity contribution in [3.63, 3.8) is 0 Å². The van der Waals surface area contributed by atoms with Crippen LogP contribution in [0, 0.1) is 5.92 Å². The first-order valence-corrected chi connectivity index (χ1v) is 8.16. The highest BCUT2D eigenvalue weighted by Gasteiger charge is 2.23. The normalized spacial score (nSPS) is 23.5.